The van der Waals surface area contributed by atoms with Gasteiger partial charge in [-0.05, 0) is 91.3 Å². The lowest BCUT2D eigenvalue weighted by atomic mass is 9.90. The lowest BCUT2D eigenvalue weighted by Gasteiger charge is -2.17. The first kappa shape index (κ1) is 25.1. The van der Waals surface area contributed by atoms with Crippen LogP contribution in [0.15, 0.2) is 176 Å². The van der Waals surface area contributed by atoms with Gasteiger partial charge in [0.1, 0.15) is 0 Å². The molecule has 1 nitrogen and oxygen atoms in total. The molecule has 0 atom stereocenters. The van der Waals surface area contributed by atoms with Crippen molar-refractivity contribution in [2.45, 2.75) is 0 Å². The first-order valence-corrected chi connectivity index (χ1v) is 14.8. The zero-order valence-corrected chi connectivity index (χ0v) is 23.7. The van der Waals surface area contributed by atoms with Gasteiger partial charge in [0.25, 0.3) is 0 Å². The van der Waals surface area contributed by atoms with E-state index in [2.05, 4.69) is 180 Å². The molecule has 1 aromatic heterocycles. The molecule has 202 valence electrons. The second kappa shape index (κ2) is 10.6. The number of hydrogen-bond acceptors (Lipinski definition) is 0. The molecule has 0 fully saturated rings. The summed E-state index contributed by atoms with van der Waals surface area (Å²) in [5.74, 6) is 0. The van der Waals surface area contributed by atoms with Crippen molar-refractivity contribution in [3.63, 3.8) is 0 Å². The Hall–Kier alpha value is -5.66. The summed E-state index contributed by atoms with van der Waals surface area (Å²) in [6.45, 7) is 0. The Morgan fingerprint density at radius 1 is 0.302 bits per heavy atom. The molecule has 0 amide bonds. The van der Waals surface area contributed by atoms with Crippen LogP contribution in [0.25, 0.3) is 72.0 Å². The third-order valence-electron chi connectivity index (χ3n) is 8.41. The Morgan fingerprint density at radius 2 is 0.721 bits per heavy atom. The first-order chi connectivity index (χ1) is 21.3. The predicted octanol–water partition coefficient (Wildman–Crippen LogP) is 11.5. The minimum absolute atomic E-state index is 1.15. The molecule has 0 unspecified atom stereocenters. The third kappa shape index (κ3) is 4.52. The summed E-state index contributed by atoms with van der Waals surface area (Å²) in [5.41, 5.74) is 10.9. The van der Waals surface area contributed by atoms with E-state index >= 15 is 0 Å². The van der Waals surface area contributed by atoms with Crippen molar-refractivity contribution in [1.29, 1.82) is 0 Å². The fraction of sp³-hybridized carbons (Fsp3) is 0. The quantitative estimate of drug-likeness (QED) is 0.189. The van der Waals surface area contributed by atoms with Crippen LogP contribution in [0, 0.1) is 0 Å². The van der Waals surface area contributed by atoms with Crippen molar-refractivity contribution in [1.82, 2.24) is 4.57 Å². The van der Waals surface area contributed by atoms with Crippen LogP contribution in [0.1, 0.15) is 0 Å². The van der Waals surface area contributed by atoms with Crippen molar-refractivity contribution in [2.75, 3.05) is 0 Å². The molecule has 8 rings (SSSR count). The van der Waals surface area contributed by atoms with Crippen molar-refractivity contribution in [3.05, 3.63) is 176 Å². The number of aromatic nitrogens is 1. The third-order valence-corrected chi connectivity index (χ3v) is 8.41. The monoisotopic (exact) mass is 547 g/mol. The second-order valence-corrected chi connectivity index (χ2v) is 11.0. The first-order valence-electron chi connectivity index (χ1n) is 14.8. The summed E-state index contributed by atoms with van der Waals surface area (Å²) < 4.78 is 2.40. The van der Waals surface area contributed by atoms with Gasteiger partial charge in [-0.15, -0.1) is 0 Å². The average molecular weight is 548 g/mol. The van der Waals surface area contributed by atoms with E-state index in [1.54, 1.807) is 0 Å². The molecule has 0 N–H and O–H groups in total. The minimum atomic E-state index is 1.15. The fourth-order valence-corrected chi connectivity index (χ4v) is 6.34. The van der Waals surface area contributed by atoms with Gasteiger partial charge in [0.15, 0.2) is 0 Å². The lowest BCUT2D eigenvalue weighted by molar-refractivity contribution is 1.10. The van der Waals surface area contributed by atoms with Crippen molar-refractivity contribution >= 4 is 21.5 Å². The van der Waals surface area contributed by atoms with Crippen LogP contribution < -0.4 is 0 Å². The second-order valence-electron chi connectivity index (χ2n) is 11.0. The lowest BCUT2D eigenvalue weighted by Crippen LogP contribution is -1.99. The minimum Gasteiger partial charge on any atom is -0.309 e. The molecule has 8 aromatic rings. The zero-order valence-electron chi connectivity index (χ0n) is 23.7. The number of fused-ring (bicyclic) bond motifs is 2. The number of nitrogens with zero attached hydrogens (tertiary/aromatic N) is 1. The number of hydrogen-bond donors (Lipinski definition) is 0. The Balaban J connectivity index is 1.38. The van der Waals surface area contributed by atoms with E-state index in [0.717, 1.165) is 5.69 Å². The van der Waals surface area contributed by atoms with E-state index in [9.17, 15) is 0 Å². The Kier molecular flexibility index (Phi) is 6.20. The van der Waals surface area contributed by atoms with E-state index in [-0.39, 0.29) is 0 Å². The van der Waals surface area contributed by atoms with Crippen molar-refractivity contribution in [3.8, 4) is 50.5 Å². The molecular formula is C42H29N. The van der Waals surface area contributed by atoms with Crippen molar-refractivity contribution in [2.24, 2.45) is 0 Å². The van der Waals surface area contributed by atoms with Crippen LogP contribution in [0.2, 0.25) is 0 Å². The van der Waals surface area contributed by atoms with Crippen LogP contribution in [0.5, 0.6) is 0 Å². The van der Waals surface area contributed by atoms with E-state index < -0.39 is 0 Å². The summed E-state index contributed by atoms with van der Waals surface area (Å²) in [6.07, 6.45) is 0. The number of rotatable bonds is 5. The Morgan fingerprint density at radius 3 is 1.19 bits per heavy atom. The molecule has 1 heteroatoms. The van der Waals surface area contributed by atoms with Crippen LogP contribution in [0.4, 0.5) is 0 Å². The van der Waals surface area contributed by atoms with Gasteiger partial charge in [-0.1, -0.05) is 140 Å². The summed E-state index contributed by atoms with van der Waals surface area (Å²) >= 11 is 0. The summed E-state index contributed by atoms with van der Waals surface area (Å²) in [6, 6.07) is 63.4. The largest absolute Gasteiger partial charge is 0.309 e. The SMILES string of the molecule is c1ccc(-c2ccc(-c3ccccc3)c3cc4cc(-n5c(-c6ccccc6)ccc5-c5ccccc5)ccc4cc23)cc1. The molecule has 7 aromatic carbocycles. The van der Waals surface area contributed by atoms with Gasteiger partial charge in [-0.25, -0.2) is 0 Å². The zero-order chi connectivity index (χ0) is 28.6. The topological polar surface area (TPSA) is 4.93 Å². The van der Waals surface area contributed by atoms with Gasteiger partial charge >= 0.3 is 0 Å². The average Bonchev–Trinajstić information content (AvgIpc) is 3.54. The van der Waals surface area contributed by atoms with Gasteiger partial charge < -0.3 is 4.57 Å². The maximum Gasteiger partial charge on any atom is 0.0535 e. The summed E-state index contributed by atoms with van der Waals surface area (Å²) in [5, 5.41) is 4.98. The standard InChI is InChI=1S/C42H29N/c1-5-13-30(14-6-1)37-23-24-38(31-15-7-2-8-16-31)40-29-35-27-36(22-21-34(35)28-39(37)40)43-41(32-17-9-3-10-18-32)25-26-42(43)33-19-11-4-12-20-33/h1-29H. The smallest absolute Gasteiger partial charge is 0.0535 e. The highest BCUT2D eigenvalue weighted by molar-refractivity contribution is 6.11. The maximum absolute atomic E-state index is 2.40. The van der Waals surface area contributed by atoms with Crippen LogP contribution in [-0.4, -0.2) is 4.57 Å². The summed E-state index contributed by atoms with van der Waals surface area (Å²) in [7, 11) is 0. The Bertz CT molecular complexity index is 2140. The van der Waals surface area contributed by atoms with Gasteiger partial charge in [-0.2, -0.15) is 0 Å². The van der Waals surface area contributed by atoms with E-state index in [1.165, 1.54) is 66.3 Å². The van der Waals surface area contributed by atoms with Crippen LogP contribution >= 0.6 is 0 Å². The molecule has 0 aliphatic rings. The fourth-order valence-electron chi connectivity index (χ4n) is 6.34. The molecule has 1 heterocycles. The highest BCUT2D eigenvalue weighted by atomic mass is 15.0. The van der Waals surface area contributed by atoms with Crippen LogP contribution in [-0.2, 0) is 0 Å². The van der Waals surface area contributed by atoms with Gasteiger partial charge in [-0.3, -0.25) is 0 Å². The normalized spacial score (nSPS) is 11.3. The van der Waals surface area contributed by atoms with Gasteiger partial charge in [0.2, 0.25) is 0 Å². The molecule has 0 saturated carbocycles. The van der Waals surface area contributed by atoms with Gasteiger partial charge in [0.05, 0.1) is 11.4 Å². The van der Waals surface area contributed by atoms with Crippen molar-refractivity contribution < 1.29 is 0 Å². The molecule has 0 aliphatic carbocycles. The molecule has 0 aliphatic heterocycles. The molecule has 43 heavy (non-hydrogen) atoms. The predicted molar refractivity (Wildman–Crippen MR) is 183 cm³/mol. The van der Waals surface area contributed by atoms with E-state index in [1.807, 2.05) is 0 Å². The molecular weight excluding hydrogens is 518 g/mol. The Labute approximate surface area is 251 Å². The molecule has 0 spiro atoms. The highest BCUT2D eigenvalue weighted by Crippen LogP contribution is 2.39. The van der Waals surface area contributed by atoms with Gasteiger partial charge in [0, 0.05) is 5.69 Å². The molecule has 0 saturated heterocycles. The molecule has 0 radical (unpaired) electrons. The maximum atomic E-state index is 2.40. The number of benzene rings is 7. The molecule has 0 bridgehead atoms. The summed E-state index contributed by atoms with van der Waals surface area (Å²) in [4.78, 5) is 0. The van der Waals surface area contributed by atoms with E-state index in [0.29, 0.717) is 0 Å². The highest BCUT2D eigenvalue weighted by Gasteiger charge is 2.16. The van der Waals surface area contributed by atoms with E-state index in [4.69, 9.17) is 0 Å². The van der Waals surface area contributed by atoms with Crippen LogP contribution in [0.3, 0.4) is 0 Å².